The van der Waals surface area contributed by atoms with Crippen LogP contribution in [0.1, 0.15) is 5.56 Å². The number of carbonyl (C=O) groups is 1. The highest BCUT2D eigenvalue weighted by Gasteiger charge is 2.21. The molecule has 2 aromatic carbocycles. The van der Waals surface area contributed by atoms with Crippen molar-refractivity contribution < 1.29 is 17.6 Å². The topological polar surface area (TPSA) is 66.5 Å². The van der Waals surface area contributed by atoms with Gasteiger partial charge < -0.3 is 5.32 Å². The molecular formula is C16H16BrFN2O3S. The second-order valence-electron chi connectivity index (χ2n) is 5.19. The fourth-order valence-corrected chi connectivity index (χ4v) is 3.09. The molecule has 8 heteroatoms. The Morgan fingerprint density at radius 3 is 2.46 bits per heavy atom. The lowest BCUT2D eigenvalue weighted by molar-refractivity contribution is -0.116. The van der Waals surface area contributed by atoms with Crippen molar-refractivity contribution >= 4 is 37.5 Å². The summed E-state index contributed by atoms with van der Waals surface area (Å²) in [6.07, 6.45) is 1.03. The van der Waals surface area contributed by atoms with Gasteiger partial charge in [-0.3, -0.25) is 4.79 Å². The largest absolute Gasteiger partial charge is 0.322 e. The summed E-state index contributed by atoms with van der Waals surface area (Å²) in [7, 11) is -3.60. The van der Waals surface area contributed by atoms with Crippen molar-refractivity contribution in [3.05, 3.63) is 64.4 Å². The van der Waals surface area contributed by atoms with E-state index in [0.717, 1.165) is 16.1 Å². The maximum Gasteiger partial charge on any atom is 0.239 e. The predicted molar refractivity (Wildman–Crippen MR) is 94.4 cm³/mol. The first-order valence-corrected chi connectivity index (χ1v) is 9.64. The molecule has 0 radical (unpaired) electrons. The van der Waals surface area contributed by atoms with Crippen LogP contribution in [0.5, 0.6) is 0 Å². The molecule has 2 rings (SSSR count). The molecule has 0 aliphatic heterocycles. The summed E-state index contributed by atoms with van der Waals surface area (Å²) in [4.78, 5) is 12.1. The fraction of sp³-hybridized carbons (Fsp3) is 0.188. The van der Waals surface area contributed by atoms with E-state index in [2.05, 4.69) is 21.2 Å². The average molecular weight is 415 g/mol. The van der Waals surface area contributed by atoms with Gasteiger partial charge in [0.2, 0.25) is 15.9 Å². The van der Waals surface area contributed by atoms with Crippen molar-refractivity contribution in [2.75, 3.05) is 18.1 Å². The normalized spacial score (nSPS) is 11.5. The van der Waals surface area contributed by atoms with Gasteiger partial charge in [-0.15, -0.1) is 0 Å². The Kier molecular flexibility index (Phi) is 6.09. The second kappa shape index (κ2) is 7.87. The summed E-state index contributed by atoms with van der Waals surface area (Å²) < 4.78 is 39.1. The van der Waals surface area contributed by atoms with E-state index in [-0.39, 0.29) is 12.2 Å². The molecule has 0 atom stereocenters. The summed E-state index contributed by atoms with van der Waals surface area (Å²) in [5.41, 5.74) is 0.752. The second-order valence-corrected chi connectivity index (χ2v) is 8.09. The molecule has 24 heavy (non-hydrogen) atoms. The average Bonchev–Trinajstić information content (AvgIpc) is 2.49. The summed E-state index contributed by atoms with van der Waals surface area (Å²) in [5, 5.41) is 2.38. The van der Waals surface area contributed by atoms with Crippen molar-refractivity contribution in [3.8, 4) is 0 Å². The monoisotopic (exact) mass is 414 g/mol. The molecule has 0 saturated carbocycles. The Morgan fingerprint density at radius 1 is 1.21 bits per heavy atom. The third-order valence-electron chi connectivity index (χ3n) is 3.20. The molecule has 128 valence electrons. The lowest BCUT2D eigenvalue weighted by atomic mass is 10.2. The first-order valence-electron chi connectivity index (χ1n) is 6.99. The van der Waals surface area contributed by atoms with Crippen molar-refractivity contribution in [2.24, 2.45) is 0 Å². The number of carbonyl (C=O) groups excluding carboxylic acids is 1. The van der Waals surface area contributed by atoms with Crippen molar-refractivity contribution in [1.29, 1.82) is 0 Å². The van der Waals surface area contributed by atoms with Crippen LogP contribution in [0.15, 0.2) is 53.0 Å². The molecule has 0 unspecified atom stereocenters. The Balaban J connectivity index is 2.10. The van der Waals surface area contributed by atoms with Crippen molar-refractivity contribution in [3.63, 3.8) is 0 Å². The predicted octanol–water partition coefficient (Wildman–Crippen LogP) is 2.99. The van der Waals surface area contributed by atoms with Crippen LogP contribution in [0.3, 0.4) is 0 Å². The zero-order valence-electron chi connectivity index (χ0n) is 12.9. The minimum absolute atomic E-state index is 0.00337. The van der Waals surface area contributed by atoms with Gasteiger partial charge in [-0.2, -0.15) is 4.31 Å². The standard InChI is InChI=1S/C16H16BrFN2O3S/c1-24(22,23)20(10-12-5-3-2-4-6-12)11-16(21)19-15-8-7-13(17)9-14(15)18/h2-9H,10-11H2,1H3,(H,19,21). The Morgan fingerprint density at radius 2 is 1.88 bits per heavy atom. The molecule has 2 aromatic rings. The minimum atomic E-state index is -3.60. The molecule has 0 aliphatic carbocycles. The van der Waals surface area contributed by atoms with Crippen molar-refractivity contribution in [2.45, 2.75) is 6.54 Å². The molecule has 0 aliphatic rings. The minimum Gasteiger partial charge on any atom is -0.322 e. The van der Waals surface area contributed by atoms with Gasteiger partial charge in [0.05, 0.1) is 18.5 Å². The first kappa shape index (κ1) is 18.6. The van der Waals surface area contributed by atoms with E-state index in [1.165, 1.54) is 12.1 Å². The number of benzene rings is 2. The number of nitrogens with zero attached hydrogens (tertiary/aromatic N) is 1. The number of nitrogens with one attached hydrogen (secondary N) is 1. The molecule has 0 saturated heterocycles. The Labute approximate surface area is 148 Å². The highest BCUT2D eigenvalue weighted by molar-refractivity contribution is 9.10. The molecule has 0 aromatic heterocycles. The number of halogens is 2. The van der Waals surface area contributed by atoms with Gasteiger partial charge >= 0.3 is 0 Å². The maximum absolute atomic E-state index is 13.8. The van der Waals surface area contributed by atoms with Crippen LogP contribution in [0, 0.1) is 5.82 Å². The molecular weight excluding hydrogens is 399 g/mol. The van der Waals surface area contributed by atoms with Crippen LogP contribution in [-0.4, -0.2) is 31.4 Å². The van der Waals surface area contributed by atoms with Gasteiger partial charge in [-0.1, -0.05) is 46.3 Å². The molecule has 0 bridgehead atoms. The SMILES string of the molecule is CS(=O)(=O)N(CC(=O)Nc1ccc(Br)cc1F)Cc1ccccc1. The Bertz CT molecular complexity index is 828. The highest BCUT2D eigenvalue weighted by atomic mass is 79.9. The van der Waals surface area contributed by atoms with Crippen LogP contribution in [0.25, 0.3) is 0 Å². The van der Waals surface area contributed by atoms with Gasteiger partial charge in [0.1, 0.15) is 5.82 Å². The Hall–Kier alpha value is -1.77. The number of hydrogen-bond acceptors (Lipinski definition) is 3. The summed E-state index contributed by atoms with van der Waals surface area (Å²) in [6, 6.07) is 13.1. The van der Waals surface area contributed by atoms with E-state index in [1.807, 2.05) is 6.07 Å². The highest BCUT2D eigenvalue weighted by Crippen LogP contribution is 2.19. The van der Waals surface area contributed by atoms with E-state index >= 15 is 0 Å². The lowest BCUT2D eigenvalue weighted by Crippen LogP contribution is -2.37. The van der Waals surface area contributed by atoms with Crippen LogP contribution in [0.4, 0.5) is 10.1 Å². The number of hydrogen-bond donors (Lipinski definition) is 1. The molecule has 0 fully saturated rings. The zero-order valence-corrected chi connectivity index (χ0v) is 15.3. The van der Waals surface area contributed by atoms with Crippen molar-refractivity contribution in [1.82, 2.24) is 4.31 Å². The van der Waals surface area contributed by atoms with Crippen LogP contribution in [-0.2, 0) is 21.4 Å². The zero-order chi connectivity index (χ0) is 17.7. The van der Waals surface area contributed by atoms with E-state index in [1.54, 1.807) is 30.3 Å². The van der Waals surface area contributed by atoms with Gasteiger partial charge in [0, 0.05) is 11.0 Å². The number of amides is 1. The summed E-state index contributed by atoms with van der Waals surface area (Å²) in [5.74, 6) is -1.22. The first-order chi connectivity index (χ1) is 11.3. The van der Waals surface area contributed by atoms with Gasteiger partial charge in [0.15, 0.2) is 0 Å². The van der Waals surface area contributed by atoms with E-state index in [9.17, 15) is 17.6 Å². The molecule has 5 nitrogen and oxygen atoms in total. The third-order valence-corrected chi connectivity index (χ3v) is 4.89. The molecule has 0 spiro atoms. The van der Waals surface area contributed by atoms with E-state index < -0.39 is 28.3 Å². The molecule has 0 heterocycles. The van der Waals surface area contributed by atoms with Gasteiger partial charge in [0.25, 0.3) is 0 Å². The van der Waals surface area contributed by atoms with Gasteiger partial charge in [-0.25, -0.2) is 12.8 Å². The van der Waals surface area contributed by atoms with Crippen LogP contribution in [0.2, 0.25) is 0 Å². The van der Waals surface area contributed by atoms with E-state index in [4.69, 9.17) is 0 Å². The van der Waals surface area contributed by atoms with Gasteiger partial charge in [-0.05, 0) is 23.8 Å². The summed E-state index contributed by atoms with van der Waals surface area (Å²) in [6.45, 7) is -0.334. The third kappa shape index (κ3) is 5.40. The van der Waals surface area contributed by atoms with Crippen LogP contribution >= 0.6 is 15.9 Å². The molecule has 1 amide bonds. The quantitative estimate of drug-likeness (QED) is 0.789. The lowest BCUT2D eigenvalue weighted by Gasteiger charge is -2.19. The summed E-state index contributed by atoms with van der Waals surface area (Å²) >= 11 is 3.13. The maximum atomic E-state index is 13.8. The molecule has 1 N–H and O–H groups in total. The smallest absolute Gasteiger partial charge is 0.239 e. The van der Waals surface area contributed by atoms with E-state index in [0.29, 0.717) is 4.47 Å². The number of sulfonamides is 1. The van der Waals surface area contributed by atoms with Crippen LogP contribution < -0.4 is 5.32 Å². The number of anilines is 1. The number of rotatable bonds is 6. The fourth-order valence-electron chi connectivity index (χ4n) is 2.02.